The molecule has 0 fully saturated rings. The summed E-state index contributed by atoms with van der Waals surface area (Å²) >= 11 is 0. The van der Waals surface area contributed by atoms with Crippen molar-refractivity contribution >= 4 is 39.4 Å². The lowest BCUT2D eigenvalue weighted by Gasteiger charge is -2.16. The van der Waals surface area contributed by atoms with Crippen LogP contribution in [0.15, 0.2) is 59.0 Å². The molecule has 3 heterocycles. The van der Waals surface area contributed by atoms with Crippen molar-refractivity contribution in [2.75, 3.05) is 4.90 Å². The third kappa shape index (κ3) is 1.22. The van der Waals surface area contributed by atoms with Crippen molar-refractivity contribution in [3.63, 3.8) is 0 Å². The fourth-order valence-corrected chi connectivity index (χ4v) is 3.22. The zero-order valence-electron chi connectivity index (χ0n) is 11.4. The van der Waals surface area contributed by atoms with E-state index in [0.717, 1.165) is 10.8 Å². The van der Waals surface area contributed by atoms with Gasteiger partial charge in [0.05, 0.1) is 16.8 Å². The number of hydrogen-bond donors (Lipinski definition) is 0. The van der Waals surface area contributed by atoms with Crippen LogP contribution in [0.5, 0.6) is 0 Å². The van der Waals surface area contributed by atoms with Gasteiger partial charge in [-0.1, -0.05) is 36.4 Å². The molecule has 4 aromatic rings. The molecule has 1 aliphatic rings. The Morgan fingerprint density at radius 2 is 1.36 bits per heavy atom. The zero-order valence-corrected chi connectivity index (χ0v) is 11.4. The minimum Gasteiger partial charge on any atom is -0.456 e. The molecule has 0 spiro atoms. The number of nitrogens with zero attached hydrogens (tertiary/aromatic N) is 1. The van der Waals surface area contributed by atoms with Crippen LogP contribution in [0.3, 0.4) is 0 Å². The minimum atomic E-state index is -0.314. The van der Waals surface area contributed by atoms with Gasteiger partial charge in [0.15, 0.2) is 0 Å². The first-order chi connectivity index (χ1) is 10.8. The highest BCUT2D eigenvalue weighted by Crippen LogP contribution is 2.39. The van der Waals surface area contributed by atoms with E-state index in [2.05, 4.69) is 0 Å². The molecule has 5 rings (SSSR count). The van der Waals surface area contributed by atoms with Crippen molar-refractivity contribution in [3.8, 4) is 0 Å². The number of hydrogen-bond acceptors (Lipinski definition) is 3. The molecule has 0 radical (unpaired) electrons. The van der Waals surface area contributed by atoms with Crippen molar-refractivity contribution in [3.05, 3.63) is 65.7 Å². The van der Waals surface area contributed by atoms with Crippen LogP contribution >= 0.6 is 0 Å². The maximum Gasteiger partial charge on any atom is 0.270 e. The van der Waals surface area contributed by atoms with Gasteiger partial charge in [0.2, 0.25) is 0 Å². The van der Waals surface area contributed by atoms with Crippen molar-refractivity contribution in [2.45, 2.75) is 0 Å². The number of amides is 2. The summed E-state index contributed by atoms with van der Waals surface area (Å²) in [4.78, 5) is 26.7. The fraction of sp³-hybridized carbons (Fsp3) is 0. The monoisotopic (exact) mass is 287 g/mol. The number of carbonyl (C=O) groups is 2. The predicted octanol–water partition coefficient (Wildman–Crippen LogP) is 3.82. The zero-order chi connectivity index (χ0) is 14.8. The van der Waals surface area contributed by atoms with Gasteiger partial charge in [-0.25, -0.2) is 4.90 Å². The van der Waals surface area contributed by atoms with Crippen LogP contribution in [-0.4, -0.2) is 11.8 Å². The van der Waals surface area contributed by atoms with E-state index in [9.17, 15) is 9.59 Å². The molecule has 0 aliphatic carbocycles. The minimum absolute atomic E-state index is 0.314. The predicted molar refractivity (Wildman–Crippen MR) is 82.5 cm³/mol. The fourth-order valence-electron chi connectivity index (χ4n) is 3.22. The van der Waals surface area contributed by atoms with Gasteiger partial charge < -0.3 is 4.42 Å². The molecule has 2 bridgehead atoms. The Morgan fingerprint density at radius 3 is 2.09 bits per heavy atom. The van der Waals surface area contributed by atoms with Crippen molar-refractivity contribution in [2.24, 2.45) is 0 Å². The Hall–Kier alpha value is -3.14. The Labute approximate surface area is 124 Å². The molecule has 104 valence electrons. The molecule has 2 aromatic carbocycles. The second-order valence-corrected chi connectivity index (χ2v) is 5.36. The molecule has 22 heavy (non-hydrogen) atoms. The smallest absolute Gasteiger partial charge is 0.270 e. The largest absolute Gasteiger partial charge is 0.456 e. The Kier molecular flexibility index (Phi) is 1.96. The molecular weight excluding hydrogens is 278 g/mol. The van der Waals surface area contributed by atoms with Gasteiger partial charge in [-0.15, -0.1) is 0 Å². The maximum absolute atomic E-state index is 12.7. The van der Waals surface area contributed by atoms with Crippen LogP contribution in [0.1, 0.15) is 20.7 Å². The summed E-state index contributed by atoms with van der Waals surface area (Å²) in [6, 6.07) is 16.8. The van der Waals surface area contributed by atoms with E-state index in [1.54, 1.807) is 18.2 Å². The number of furan rings is 2. The Bertz CT molecular complexity index is 1030. The summed E-state index contributed by atoms with van der Waals surface area (Å²) in [6.45, 7) is 0. The first kappa shape index (κ1) is 11.5. The quantitative estimate of drug-likeness (QED) is 0.500. The van der Waals surface area contributed by atoms with Gasteiger partial charge in [-0.05, 0) is 23.6 Å². The summed E-state index contributed by atoms with van der Waals surface area (Å²) in [5.41, 5.74) is 2.34. The van der Waals surface area contributed by atoms with E-state index in [1.807, 2.05) is 36.4 Å². The number of benzene rings is 3. The lowest BCUT2D eigenvalue weighted by molar-refractivity contribution is 0.0926. The lowest BCUT2D eigenvalue weighted by atomic mass is 10.1. The van der Waals surface area contributed by atoms with Gasteiger partial charge in [0.25, 0.3) is 11.8 Å². The molecule has 2 amide bonds. The van der Waals surface area contributed by atoms with Gasteiger partial charge >= 0.3 is 0 Å². The van der Waals surface area contributed by atoms with Crippen LogP contribution in [0.25, 0.3) is 21.9 Å². The first-order valence-corrected chi connectivity index (χ1v) is 6.97. The van der Waals surface area contributed by atoms with Crippen LogP contribution in [0.4, 0.5) is 5.69 Å². The van der Waals surface area contributed by atoms with E-state index in [1.165, 1.54) is 4.90 Å². The Balaban J connectivity index is 1.78. The molecule has 0 N–H and O–H groups in total. The molecule has 0 saturated carbocycles. The van der Waals surface area contributed by atoms with Crippen molar-refractivity contribution in [1.29, 1.82) is 0 Å². The van der Waals surface area contributed by atoms with Gasteiger partial charge in [-0.2, -0.15) is 0 Å². The number of anilines is 1. The SMILES string of the molecule is O=C1c2c(c3ccc2o3)C(=O)N1c1cccc2ccccc12. The van der Waals surface area contributed by atoms with E-state index in [0.29, 0.717) is 28.0 Å². The molecule has 0 unspecified atom stereocenters. The van der Waals surface area contributed by atoms with Crippen LogP contribution in [0.2, 0.25) is 0 Å². The summed E-state index contributed by atoms with van der Waals surface area (Å²) in [5, 5.41) is 1.87. The van der Waals surface area contributed by atoms with Gasteiger partial charge in [0, 0.05) is 5.39 Å². The summed E-state index contributed by atoms with van der Waals surface area (Å²) in [6.07, 6.45) is 0. The van der Waals surface area contributed by atoms with Gasteiger partial charge in [-0.3, -0.25) is 9.59 Å². The number of fused-ring (bicyclic) bond motifs is 6. The van der Waals surface area contributed by atoms with E-state index in [4.69, 9.17) is 4.42 Å². The second-order valence-electron chi connectivity index (χ2n) is 5.36. The van der Waals surface area contributed by atoms with Gasteiger partial charge in [0.1, 0.15) is 11.2 Å². The summed E-state index contributed by atoms with van der Waals surface area (Å²) in [7, 11) is 0. The molecule has 0 atom stereocenters. The molecular formula is C18H9NO3. The molecule has 1 aliphatic heterocycles. The molecule has 4 heteroatoms. The molecule has 0 saturated heterocycles. The normalized spacial score (nSPS) is 14.5. The van der Waals surface area contributed by atoms with Crippen molar-refractivity contribution < 1.29 is 14.0 Å². The van der Waals surface area contributed by atoms with Crippen molar-refractivity contribution in [1.82, 2.24) is 0 Å². The third-order valence-corrected chi connectivity index (χ3v) is 4.19. The average Bonchev–Trinajstić information content (AvgIpc) is 3.21. The second kappa shape index (κ2) is 3.74. The number of imide groups is 1. The topological polar surface area (TPSA) is 50.5 Å². The van der Waals surface area contributed by atoms with E-state index < -0.39 is 0 Å². The highest BCUT2D eigenvalue weighted by atomic mass is 16.3. The number of carbonyl (C=O) groups excluding carboxylic acids is 2. The standard InChI is InChI=1S/C18H9NO3/c20-17-15-13-8-9-14(22-13)16(15)18(21)19(17)12-7-3-5-10-4-1-2-6-11(10)12/h1-9H. The summed E-state index contributed by atoms with van der Waals surface area (Å²) in [5.74, 6) is -0.628. The highest BCUT2D eigenvalue weighted by molar-refractivity contribution is 6.40. The molecule has 4 nitrogen and oxygen atoms in total. The van der Waals surface area contributed by atoms with Crippen LogP contribution in [-0.2, 0) is 0 Å². The first-order valence-electron chi connectivity index (χ1n) is 6.97. The Morgan fingerprint density at radius 1 is 0.727 bits per heavy atom. The lowest BCUT2D eigenvalue weighted by Crippen LogP contribution is -2.29. The summed E-state index contributed by atoms with van der Waals surface area (Å²) < 4.78 is 5.43. The third-order valence-electron chi connectivity index (χ3n) is 4.19. The van der Waals surface area contributed by atoms with Crippen LogP contribution < -0.4 is 4.90 Å². The molecule has 2 aromatic heterocycles. The highest BCUT2D eigenvalue weighted by Gasteiger charge is 2.42. The van der Waals surface area contributed by atoms with Crippen LogP contribution in [0, 0.1) is 0 Å². The van der Waals surface area contributed by atoms with E-state index >= 15 is 0 Å². The average molecular weight is 287 g/mol. The van der Waals surface area contributed by atoms with E-state index in [-0.39, 0.29) is 11.8 Å². The maximum atomic E-state index is 12.7. The number of rotatable bonds is 1.